The Bertz CT molecular complexity index is 294. The Morgan fingerprint density at radius 2 is 2.31 bits per heavy atom. The maximum atomic E-state index is 5.52. The molecular weight excluding hydrogens is 166 g/mol. The summed E-state index contributed by atoms with van der Waals surface area (Å²) in [5.41, 5.74) is 11.0. The zero-order valence-corrected chi connectivity index (χ0v) is 7.35. The monoisotopic (exact) mass is 179 g/mol. The van der Waals surface area contributed by atoms with E-state index in [1.165, 1.54) is 0 Å². The molecule has 1 aliphatic heterocycles. The molecule has 0 aromatic carbocycles. The number of rotatable bonds is 2. The van der Waals surface area contributed by atoms with Gasteiger partial charge in [0.1, 0.15) is 5.82 Å². The smallest absolute Gasteiger partial charge is 0.221 e. The summed E-state index contributed by atoms with van der Waals surface area (Å²) in [5, 5.41) is 0. The standard InChI is InChI=1S/C8H13N5/c9-3-6-4-13(5-6)7-1-2-11-8(10)12-7/h1-2,6H,3-5,9H2,(H2,10,11,12). The molecule has 0 radical (unpaired) electrons. The minimum atomic E-state index is 0.327. The van der Waals surface area contributed by atoms with E-state index in [4.69, 9.17) is 11.5 Å². The minimum absolute atomic E-state index is 0.327. The van der Waals surface area contributed by atoms with Gasteiger partial charge >= 0.3 is 0 Å². The van der Waals surface area contributed by atoms with Crippen molar-refractivity contribution in [2.24, 2.45) is 11.7 Å². The molecule has 1 aliphatic rings. The van der Waals surface area contributed by atoms with Gasteiger partial charge in [-0.3, -0.25) is 0 Å². The normalized spacial score (nSPS) is 17.2. The van der Waals surface area contributed by atoms with Crippen molar-refractivity contribution in [3.8, 4) is 0 Å². The molecule has 0 atom stereocenters. The highest BCUT2D eigenvalue weighted by molar-refractivity contribution is 5.43. The van der Waals surface area contributed by atoms with Gasteiger partial charge in [0.05, 0.1) is 0 Å². The number of aromatic nitrogens is 2. The van der Waals surface area contributed by atoms with Crippen LogP contribution in [0.1, 0.15) is 0 Å². The first-order chi connectivity index (χ1) is 6.29. The van der Waals surface area contributed by atoms with Crippen LogP contribution in [0.5, 0.6) is 0 Å². The maximum absolute atomic E-state index is 5.52. The second kappa shape index (κ2) is 3.18. The first-order valence-electron chi connectivity index (χ1n) is 4.33. The Balaban J connectivity index is 2.03. The first kappa shape index (κ1) is 8.25. The van der Waals surface area contributed by atoms with Gasteiger partial charge in [-0.15, -0.1) is 0 Å². The predicted molar refractivity (Wildman–Crippen MR) is 51.2 cm³/mol. The lowest BCUT2D eigenvalue weighted by Gasteiger charge is -2.39. The van der Waals surface area contributed by atoms with Crippen molar-refractivity contribution < 1.29 is 0 Å². The van der Waals surface area contributed by atoms with Crippen LogP contribution in [0.15, 0.2) is 12.3 Å². The van der Waals surface area contributed by atoms with Crippen LogP contribution in [0.25, 0.3) is 0 Å². The molecule has 1 saturated heterocycles. The van der Waals surface area contributed by atoms with Crippen LogP contribution in [-0.2, 0) is 0 Å². The molecule has 13 heavy (non-hydrogen) atoms. The van der Waals surface area contributed by atoms with Gasteiger partial charge in [0.25, 0.3) is 0 Å². The Hall–Kier alpha value is -1.36. The van der Waals surface area contributed by atoms with E-state index < -0.39 is 0 Å². The third-order valence-electron chi connectivity index (χ3n) is 2.27. The van der Waals surface area contributed by atoms with Gasteiger partial charge in [0.15, 0.2) is 0 Å². The van der Waals surface area contributed by atoms with Gasteiger partial charge in [-0.25, -0.2) is 4.98 Å². The fourth-order valence-corrected chi connectivity index (χ4v) is 1.45. The first-order valence-corrected chi connectivity index (χ1v) is 4.33. The average molecular weight is 179 g/mol. The van der Waals surface area contributed by atoms with Gasteiger partial charge in [0, 0.05) is 25.2 Å². The summed E-state index contributed by atoms with van der Waals surface area (Å²) in [6.45, 7) is 2.71. The number of hydrogen-bond acceptors (Lipinski definition) is 5. The molecule has 0 saturated carbocycles. The Labute approximate surface area is 76.8 Å². The molecule has 5 heteroatoms. The van der Waals surface area contributed by atoms with Crippen LogP contribution in [0.4, 0.5) is 11.8 Å². The molecule has 2 rings (SSSR count). The number of nitrogen functional groups attached to an aromatic ring is 1. The van der Waals surface area contributed by atoms with E-state index in [2.05, 4.69) is 14.9 Å². The van der Waals surface area contributed by atoms with Gasteiger partial charge in [-0.1, -0.05) is 0 Å². The number of nitrogens with zero attached hydrogens (tertiary/aromatic N) is 3. The van der Waals surface area contributed by atoms with Crippen LogP contribution in [0.2, 0.25) is 0 Å². The summed E-state index contributed by atoms with van der Waals surface area (Å²) in [6, 6.07) is 1.86. The van der Waals surface area contributed by atoms with Gasteiger partial charge in [0.2, 0.25) is 5.95 Å². The lowest BCUT2D eigenvalue weighted by Crippen LogP contribution is -2.50. The van der Waals surface area contributed by atoms with Crippen LogP contribution >= 0.6 is 0 Å². The van der Waals surface area contributed by atoms with E-state index in [0.29, 0.717) is 11.9 Å². The van der Waals surface area contributed by atoms with Crippen molar-refractivity contribution >= 4 is 11.8 Å². The molecule has 1 fully saturated rings. The summed E-state index contributed by atoms with van der Waals surface area (Å²) in [5.74, 6) is 1.84. The van der Waals surface area contributed by atoms with Crippen molar-refractivity contribution in [3.63, 3.8) is 0 Å². The van der Waals surface area contributed by atoms with Crippen molar-refractivity contribution in [2.75, 3.05) is 30.3 Å². The molecule has 1 aromatic heterocycles. The molecule has 70 valence electrons. The highest BCUT2D eigenvalue weighted by Gasteiger charge is 2.26. The largest absolute Gasteiger partial charge is 0.368 e. The van der Waals surface area contributed by atoms with E-state index in [9.17, 15) is 0 Å². The zero-order valence-electron chi connectivity index (χ0n) is 7.35. The van der Waals surface area contributed by atoms with Crippen molar-refractivity contribution in [2.45, 2.75) is 0 Å². The summed E-state index contributed by atoms with van der Waals surface area (Å²) < 4.78 is 0. The van der Waals surface area contributed by atoms with Gasteiger partial charge < -0.3 is 16.4 Å². The Kier molecular flexibility index (Phi) is 2.02. The van der Waals surface area contributed by atoms with E-state index in [1.54, 1.807) is 6.20 Å². The van der Waals surface area contributed by atoms with Crippen molar-refractivity contribution in [1.29, 1.82) is 0 Å². The molecular formula is C8H13N5. The quantitative estimate of drug-likeness (QED) is 0.637. The molecule has 0 amide bonds. The summed E-state index contributed by atoms with van der Waals surface area (Å²) in [6.07, 6.45) is 1.67. The molecule has 4 N–H and O–H groups in total. The maximum Gasteiger partial charge on any atom is 0.221 e. The zero-order chi connectivity index (χ0) is 9.26. The topological polar surface area (TPSA) is 81.1 Å². The second-order valence-corrected chi connectivity index (χ2v) is 3.28. The van der Waals surface area contributed by atoms with E-state index in [1.807, 2.05) is 6.07 Å². The highest BCUT2D eigenvalue weighted by atomic mass is 15.3. The average Bonchev–Trinajstić information content (AvgIpc) is 2.02. The Morgan fingerprint density at radius 3 is 2.92 bits per heavy atom. The van der Waals surface area contributed by atoms with E-state index in [0.717, 1.165) is 25.5 Å². The number of nitrogens with two attached hydrogens (primary N) is 2. The fraction of sp³-hybridized carbons (Fsp3) is 0.500. The molecule has 2 heterocycles. The van der Waals surface area contributed by atoms with Crippen LogP contribution in [0.3, 0.4) is 0 Å². The third kappa shape index (κ3) is 1.55. The highest BCUT2D eigenvalue weighted by Crippen LogP contribution is 2.21. The molecule has 0 aliphatic carbocycles. The van der Waals surface area contributed by atoms with Crippen molar-refractivity contribution in [3.05, 3.63) is 12.3 Å². The van der Waals surface area contributed by atoms with Gasteiger partial charge in [-0.05, 0) is 12.6 Å². The summed E-state index contributed by atoms with van der Waals surface area (Å²) >= 11 is 0. The molecule has 0 unspecified atom stereocenters. The lowest BCUT2D eigenvalue weighted by atomic mass is 10.0. The number of hydrogen-bond donors (Lipinski definition) is 2. The van der Waals surface area contributed by atoms with E-state index in [-0.39, 0.29) is 0 Å². The molecule has 0 spiro atoms. The van der Waals surface area contributed by atoms with Crippen LogP contribution in [0, 0.1) is 5.92 Å². The van der Waals surface area contributed by atoms with Crippen LogP contribution in [-0.4, -0.2) is 29.6 Å². The third-order valence-corrected chi connectivity index (χ3v) is 2.27. The summed E-state index contributed by atoms with van der Waals surface area (Å²) in [4.78, 5) is 10.1. The van der Waals surface area contributed by atoms with Gasteiger partial charge in [-0.2, -0.15) is 4.98 Å². The SMILES string of the molecule is NCC1CN(c2ccnc(N)n2)C1. The van der Waals surface area contributed by atoms with E-state index >= 15 is 0 Å². The Morgan fingerprint density at radius 1 is 1.54 bits per heavy atom. The molecule has 1 aromatic rings. The lowest BCUT2D eigenvalue weighted by molar-refractivity contribution is 0.417. The summed E-state index contributed by atoms with van der Waals surface area (Å²) in [7, 11) is 0. The second-order valence-electron chi connectivity index (χ2n) is 3.28. The fourth-order valence-electron chi connectivity index (χ4n) is 1.45. The molecule has 0 bridgehead atoms. The van der Waals surface area contributed by atoms with Crippen LogP contribution < -0.4 is 16.4 Å². The minimum Gasteiger partial charge on any atom is -0.368 e. The predicted octanol–water partition coefficient (Wildman–Crippen LogP) is -0.546. The van der Waals surface area contributed by atoms with Crippen molar-refractivity contribution in [1.82, 2.24) is 9.97 Å². The molecule has 5 nitrogen and oxygen atoms in total. The number of anilines is 2.